The van der Waals surface area contributed by atoms with Crippen LogP contribution in [0, 0.1) is 6.92 Å². The number of carbonyl (C=O) groups excluding carboxylic acids is 1. The van der Waals surface area contributed by atoms with Gasteiger partial charge in [0.05, 0.1) is 6.42 Å². The quantitative estimate of drug-likeness (QED) is 0.897. The van der Waals surface area contributed by atoms with E-state index >= 15 is 0 Å². The molecule has 0 radical (unpaired) electrons. The number of hydrogen-bond donors (Lipinski definition) is 2. The molecule has 2 aromatic carbocycles. The highest BCUT2D eigenvalue weighted by Crippen LogP contribution is 2.27. The second kappa shape index (κ2) is 5.10. The Morgan fingerprint density at radius 2 is 1.95 bits per heavy atom. The topological polar surface area (TPSA) is 55.1 Å². The number of nitrogens with one attached hydrogen (secondary N) is 1. The molecule has 1 aliphatic rings. The van der Waals surface area contributed by atoms with Crippen molar-refractivity contribution in [2.24, 2.45) is 5.73 Å². The van der Waals surface area contributed by atoms with Crippen molar-refractivity contribution in [1.82, 2.24) is 0 Å². The summed E-state index contributed by atoms with van der Waals surface area (Å²) in [6, 6.07) is 14.4. The van der Waals surface area contributed by atoms with Crippen LogP contribution < -0.4 is 11.1 Å². The van der Waals surface area contributed by atoms with Gasteiger partial charge in [-0.2, -0.15) is 0 Å². The molecule has 3 heteroatoms. The summed E-state index contributed by atoms with van der Waals surface area (Å²) in [7, 11) is 0. The number of amides is 1. The molecule has 20 heavy (non-hydrogen) atoms. The van der Waals surface area contributed by atoms with Gasteiger partial charge in [0.2, 0.25) is 5.91 Å². The smallest absolute Gasteiger partial charge is 0.228 e. The number of nitrogens with two attached hydrogens (primary N) is 1. The highest BCUT2D eigenvalue weighted by molar-refractivity contribution is 5.99. The number of benzene rings is 2. The average Bonchev–Trinajstić information content (AvgIpc) is 2.80. The van der Waals surface area contributed by atoms with Gasteiger partial charge in [-0.3, -0.25) is 4.79 Å². The van der Waals surface area contributed by atoms with Crippen LogP contribution in [0.4, 0.5) is 5.69 Å². The molecule has 2 aromatic rings. The number of anilines is 1. The van der Waals surface area contributed by atoms with Gasteiger partial charge in [-0.15, -0.1) is 0 Å². The minimum atomic E-state index is -0.0429. The molecule has 3 nitrogen and oxygen atoms in total. The van der Waals surface area contributed by atoms with Crippen molar-refractivity contribution in [2.75, 3.05) is 5.32 Å². The Labute approximate surface area is 118 Å². The molecule has 3 N–H and O–H groups in total. The predicted molar refractivity (Wildman–Crippen MR) is 80.6 cm³/mol. The monoisotopic (exact) mass is 266 g/mol. The van der Waals surface area contributed by atoms with Crippen molar-refractivity contribution < 1.29 is 4.79 Å². The minimum Gasteiger partial charge on any atom is -0.326 e. The Morgan fingerprint density at radius 1 is 1.20 bits per heavy atom. The second-order valence-electron chi connectivity index (χ2n) is 5.44. The van der Waals surface area contributed by atoms with Gasteiger partial charge < -0.3 is 11.1 Å². The molecular formula is C17H18N2O. The third-order valence-electron chi connectivity index (χ3n) is 3.76. The molecule has 1 atom stereocenters. The normalized spacial score (nSPS) is 14.8. The van der Waals surface area contributed by atoms with E-state index in [4.69, 9.17) is 5.73 Å². The van der Waals surface area contributed by atoms with Crippen molar-refractivity contribution in [3.05, 3.63) is 64.7 Å². The zero-order valence-electron chi connectivity index (χ0n) is 11.5. The molecule has 1 amide bonds. The number of fused-ring (bicyclic) bond motifs is 1. The predicted octanol–water partition coefficient (Wildman–Crippen LogP) is 2.73. The summed E-state index contributed by atoms with van der Waals surface area (Å²) in [5.74, 6) is 0.0595. The first-order chi connectivity index (χ1) is 9.61. The Bertz CT molecular complexity index is 647. The molecule has 3 rings (SSSR count). The van der Waals surface area contributed by atoms with Crippen molar-refractivity contribution in [3.8, 4) is 0 Å². The summed E-state index contributed by atoms with van der Waals surface area (Å²) < 4.78 is 0. The second-order valence-corrected chi connectivity index (χ2v) is 5.44. The fourth-order valence-electron chi connectivity index (χ4n) is 2.58. The summed E-state index contributed by atoms with van der Waals surface area (Å²) in [5.41, 5.74) is 11.8. The van der Waals surface area contributed by atoms with Crippen LogP contribution in [-0.4, -0.2) is 5.91 Å². The highest BCUT2D eigenvalue weighted by Gasteiger charge is 2.18. The molecule has 0 spiro atoms. The number of hydrogen-bond acceptors (Lipinski definition) is 2. The van der Waals surface area contributed by atoms with Crippen LogP contribution in [0.3, 0.4) is 0 Å². The largest absolute Gasteiger partial charge is 0.326 e. The first-order valence-corrected chi connectivity index (χ1v) is 6.85. The van der Waals surface area contributed by atoms with E-state index in [1.807, 2.05) is 18.2 Å². The lowest BCUT2D eigenvalue weighted by molar-refractivity contribution is -0.115. The van der Waals surface area contributed by atoms with E-state index in [0.29, 0.717) is 6.42 Å². The third-order valence-corrected chi connectivity index (χ3v) is 3.76. The van der Waals surface area contributed by atoms with Crippen LogP contribution in [0.5, 0.6) is 0 Å². The maximum Gasteiger partial charge on any atom is 0.228 e. The fraction of sp³-hybridized carbons (Fsp3) is 0.235. The van der Waals surface area contributed by atoms with E-state index in [1.54, 1.807) is 0 Å². The molecule has 0 saturated heterocycles. The molecule has 102 valence electrons. The maximum atomic E-state index is 11.4. The zero-order valence-corrected chi connectivity index (χ0v) is 11.5. The SMILES string of the molecule is Cc1ccc(CC(N)c2ccc3c(c2)CC(=O)N3)cc1. The molecule has 1 unspecified atom stereocenters. The summed E-state index contributed by atoms with van der Waals surface area (Å²) in [6.07, 6.45) is 1.26. The van der Waals surface area contributed by atoms with E-state index in [0.717, 1.165) is 23.2 Å². The molecule has 1 heterocycles. The zero-order chi connectivity index (χ0) is 14.1. The molecule has 0 aromatic heterocycles. The summed E-state index contributed by atoms with van der Waals surface area (Å²) in [6.45, 7) is 2.08. The molecule has 0 aliphatic carbocycles. The molecule has 1 aliphatic heterocycles. The van der Waals surface area contributed by atoms with Crippen LogP contribution in [0.15, 0.2) is 42.5 Å². The number of aryl methyl sites for hydroxylation is 1. The summed E-state index contributed by atoms with van der Waals surface area (Å²) >= 11 is 0. The van der Waals surface area contributed by atoms with Crippen molar-refractivity contribution >= 4 is 11.6 Å². The lowest BCUT2D eigenvalue weighted by Gasteiger charge is -2.13. The lowest BCUT2D eigenvalue weighted by Crippen LogP contribution is -2.13. The van der Waals surface area contributed by atoms with E-state index in [-0.39, 0.29) is 11.9 Å². The molecule has 0 bridgehead atoms. The van der Waals surface area contributed by atoms with Gasteiger partial charge in [-0.1, -0.05) is 42.0 Å². The van der Waals surface area contributed by atoms with Crippen molar-refractivity contribution in [2.45, 2.75) is 25.8 Å². The van der Waals surface area contributed by atoms with Crippen LogP contribution in [0.1, 0.15) is 28.3 Å². The standard InChI is InChI=1S/C17H18N2O/c1-11-2-4-12(5-3-11)8-15(18)13-6-7-16-14(9-13)10-17(20)19-16/h2-7,9,15H,8,10,18H2,1H3,(H,19,20). The fourth-order valence-corrected chi connectivity index (χ4v) is 2.58. The van der Waals surface area contributed by atoms with E-state index in [1.165, 1.54) is 11.1 Å². The Hall–Kier alpha value is -2.13. The highest BCUT2D eigenvalue weighted by atomic mass is 16.1. The lowest BCUT2D eigenvalue weighted by atomic mass is 9.97. The van der Waals surface area contributed by atoms with Gasteiger partial charge in [-0.25, -0.2) is 0 Å². The van der Waals surface area contributed by atoms with Crippen LogP contribution in [-0.2, 0) is 17.6 Å². The summed E-state index contributed by atoms with van der Waals surface area (Å²) in [4.78, 5) is 11.4. The van der Waals surface area contributed by atoms with E-state index in [9.17, 15) is 4.79 Å². The Balaban J connectivity index is 1.77. The molecular weight excluding hydrogens is 248 g/mol. The van der Waals surface area contributed by atoms with Gasteiger partial charge in [0.15, 0.2) is 0 Å². The van der Waals surface area contributed by atoms with Crippen LogP contribution in [0.2, 0.25) is 0 Å². The molecule has 0 saturated carbocycles. The van der Waals surface area contributed by atoms with Gasteiger partial charge in [-0.05, 0) is 36.1 Å². The van der Waals surface area contributed by atoms with Gasteiger partial charge in [0, 0.05) is 11.7 Å². The Kier molecular flexibility index (Phi) is 3.28. The van der Waals surface area contributed by atoms with Crippen molar-refractivity contribution in [3.63, 3.8) is 0 Å². The number of rotatable bonds is 3. The van der Waals surface area contributed by atoms with Gasteiger partial charge in [0.1, 0.15) is 0 Å². The van der Waals surface area contributed by atoms with Crippen LogP contribution >= 0.6 is 0 Å². The van der Waals surface area contributed by atoms with Crippen molar-refractivity contribution in [1.29, 1.82) is 0 Å². The van der Waals surface area contributed by atoms with E-state index in [2.05, 4.69) is 36.5 Å². The third kappa shape index (κ3) is 2.58. The van der Waals surface area contributed by atoms with E-state index < -0.39 is 0 Å². The molecule has 0 fully saturated rings. The van der Waals surface area contributed by atoms with Crippen LogP contribution in [0.25, 0.3) is 0 Å². The number of carbonyl (C=O) groups is 1. The van der Waals surface area contributed by atoms with Gasteiger partial charge in [0.25, 0.3) is 0 Å². The maximum absolute atomic E-state index is 11.4. The first kappa shape index (κ1) is 12.9. The average molecular weight is 266 g/mol. The van der Waals surface area contributed by atoms with Gasteiger partial charge >= 0.3 is 0 Å². The summed E-state index contributed by atoms with van der Waals surface area (Å²) in [5, 5.41) is 2.84. The Morgan fingerprint density at radius 3 is 2.70 bits per heavy atom. The first-order valence-electron chi connectivity index (χ1n) is 6.85. The minimum absolute atomic E-state index is 0.0429.